The van der Waals surface area contributed by atoms with E-state index in [0.717, 1.165) is 75.3 Å². The number of benzene rings is 2. The van der Waals surface area contributed by atoms with Gasteiger partial charge in [0, 0.05) is 5.92 Å². The number of carbonyl (C=O) groups excluding carboxylic acids is 4. The largest absolute Gasteiger partial charge is 0.507 e. The smallest absolute Gasteiger partial charge is 0.273 e. The molecule has 0 saturated carbocycles. The van der Waals surface area contributed by atoms with Gasteiger partial charge in [-0.15, -0.1) is 0 Å². The molecule has 0 radical (unpaired) electrons. The molecule has 10 heteroatoms. The van der Waals surface area contributed by atoms with E-state index >= 15 is 0 Å². The van der Waals surface area contributed by atoms with Crippen molar-refractivity contribution in [3.05, 3.63) is 58.7 Å². The van der Waals surface area contributed by atoms with Crippen LogP contribution >= 0.6 is 0 Å². The van der Waals surface area contributed by atoms with Gasteiger partial charge in [0.1, 0.15) is 11.5 Å². The van der Waals surface area contributed by atoms with Crippen molar-refractivity contribution in [3.8, 4) is 11.5 Å². The van der Waals surface area contributed by atoms with E-state index in [1.807, 2.05) is 12.1 Å². The van der Waals surface area contributed by atoms with Crippen LogP contribution in [0.5, 0.6) is 11.5 Å². The number of carbonyl (C=O) groups is 4. The van der Waals surface area contributed by atoms with Gasteiger partial charge >= 0.3 is 0 Å². The van der Waals surface area contributed by atoms with Gasteiger partial charge in [-0.2, -0.15) is 0 Å². The Bertz CT molecular complexity index is 1380. The topological polar surface area (TPSA) is 157 Å². The quantitative estimate of drug-likeness (QED) is 0.0445. The molecular formula is C42H66N4O6. The Kier molecular flexibility index (Phi) is 21.9. The van der Waals surface area contributed by atoms with Crippen LogP contribution in [0.3, 0.4) is 0 Å². The highest BCUT2D eigenvalue weighted by atomic mass is 16.3. The number of rotatable bonds is 25. The maximum absolute atomic E-state index is 13.4. The zero-order chi connectivity index (χ0) is 38.1. The summed E-state index contributed by atoms with van der Waals surface area (Å²) in [6.45, 7) is 8.09. The molecule has 10 nitrogen and oxygen atoms in total. The van der Waals surface area contributed by atoms with Crippen molar-refractivity contribution in [1.82, 2.24) is 21.7 Å². The van der Waals surface area contributed by atoms with E-state index in [4.69, 9.17) is 0 Å². The fourth-order valence-corrected chi connectivity index (χ4v) is 6.40. The highest BCUT2D eigenvalue weighted by molar-refractivity contribution is 5.99. The third kappa shape index (κ3) is 16.5. The summed E-state index contributed by atoms with van der Waals surface area (Å²) < 4.78 is 0. The van der Waals surface area contributed by atoms with Gasteiger partial charge in [-0.25, -0.2) is 0 Å². The van der Waals surface area contributed by atoms with E-state index in [-0.39, 0.29) is 22.6 Å². The van der Waals surface area contributed by atoms with Crippen molar-refractivity contribution < 1.29 is 29.4 Å². The maximum atomic E-state index is 13.4. The maximum Gasteiger partial charge on any atom is 0.273 e. The molecule has 2 atom stereocenters. The molecule has 2 unspecified atom stereocenters. The summed E-state index contributed by atoms with van der Waals surface area (Å²) in [7, 11) is 0. The first-order valence-electron chi connectivity index (χ1n) is 20.0. The van der Waals surface area contributed by atoms with E-state index in [9.17, 15) is 29.4 Å². The molecule has 6 N–H and O–H groups in total. The molecule has 0 saturated heterocycles. The van der Waals surface area contributed by atoms with E-state index in [1.165, 1.54) is 51.4 Å². The number of aromatic hydroxyl groups is 2. The van der Waals surface area contributed by atoms with E-state index in [2.05, 4.69) is 42.5 Å². The van der Waals surface area contributed by atoms with Crippen LogP contribution in [0.15, 0.2) is 36.4 Å². The minimum Gasteiger partial charge on any atom is -0.507 e. The second-order valence-electron chi connectivity index (χ2n) is 14.2. The molecule has 0 bridgehead atoms. The molecule has 0 heterocycles. The van der Waals surface area contributed by atoms with Crippen molar-refractivity contribution in [2.75, 3.05) is 0 Å². The van der Waals surface area contributed by atoms with Gasteiger partial charge in [0.2, 0.25) is 11.8 Å². The fourth-order valence-electron chi connectivity index (χ4n) is 6.40. The number of hydrazine groups is 2. The minimum absolute atomic E-state index is 0.0336. The van der Waals surface area contributed by atoms with Crippen LogP contribution in [-0.4, -0.2) is 33.8 Å². The van der Waals surface area contributed by atoms with E-state index < -0.39 is 35.5 Å². The molecule has 52 heavy (non-hydrogen) atoms. The average molecular weight is 723 g/mol. The van der Waals surface area contributed by atoms with Gasteiger partial charge in [0.15, 0.2) is 0 Å². The average Bonchev–Trinajstić information content (AvgIpc) is 3.13. The molecule has 0 spiro atoms. The number of amides is 4. The fraction of sp³-hybridized carbons (Fsp3) is 0.619. The first-order chi connectivity index (χ1) is 25.1. The highest BCUT2D eigenvalue weighted by Gasteiger charge is 2.31. The van der Waals surface area contributed by atoms with E-state index in [1.54, 1.807) is 31.2 Å². The minimum atomic E-state index is -0.855. The van der Waals surface area contributed by atoms with Crippen molar-refractivity contribution >= 4 is 23.6 Å². The first kappa shape index (κ1) is 44.1. The van der Waals surface area contributed by atoms with Crippen LogP contribution in [0.1, 0.15) is 175 Å². The molecule has 0 aliphatic rings. The standard InChI is InChI=1S/C42H66N4O6/c1-5-8-11-14-17-19-22-32-25-27-35(37(47)29-32)41(51)45-43-39(49)31(4)34(24-21-16-13-10-7-3)40(50)44-46-42(52)36-28-26-33(30-38(36)48)23-20-18-15-12-9-6-2/h25-31,34,47-48H,5-24H2,1-4H3,(H,43,49)(H,44,50)(H,45,51)(H,46,52). The Labute approximate surface area is 312 Å². The van der Waals surface area contributed by atoms with Crippen LogP contribution < -0.4 is 21.7 Å². The number of nitrogens with one attached hydrogen (secondary N) is 4. The molecule has 2 rings (SSSR count). The van der Waals surface area contributed by atoms with Gasteiger partial charge in [-0.3, -0.25) is 40.9 Å². The molecule has 290 valence electrons. The Morgan fingerprint density at radius 2 is 0.904 bits per heavy atom. The Morgan fingerprint density at radius 3 is 1.33 bits per heavy atom. The SMILES string of the molecule is CCCCCCCCc1ccc(C(=O)NNC(=O)C(C)C(CCCCCCC)C(=O)NNC(=O)c2ccc(CCCCCCCC)cc2O)c(O)c1. The Morgan fingerprint density at radius 1 is 0.519 bits per heavy atom. The summed E-state index contributed by atoms with van der Waals surface area (Å²) in [5, 5.41) is 21.1. The number of hydrogen-bond donors (Lipinski definition) is 6. The summed E-state index contributed by atoms with van der Waals surface area (Å²) in [6, 6.07) is 9.89. The monoisotopic (exact) mass is 722 g/mol. The van der Waals surface area contributed by atoms with Crippen LogP contribution in [-0.2, 0) is 22.4 Å². The van der Waals surface area contributed by atoms with Crippen LogP contribution in [0.25, 0.3) is 0 Å². The van der Waals surface area contributed by atoms with Gasteiger partial charge in [-0.1, -0.05) is 136 Å². The molecule has 0 aliphatic carbocycles. The predicted octanol–water partition coefficient (Wildman–Crippen LogP) is 8.74. The van der Waals surface area contributed by atoms with Crippen LogP contribution in [0.4, 0.5) is 0 Å². The zero-order valence-electron chi connectivity index (χ0n) is 32.3. The van der Waals surface area contributed by atoms with Crippen molar-refractivity contribution in [2.45, 2.75) is 156 Å². The summed E-state index contributed by atoms with van der Waals surface area (Å²) >= 11 is 0. The molecule has 0 fully saturated rings. The lowest BCUT2D eigenvalue weighted by Crippen LogP contribution is -2.50. The lowest BCUT2D eigenvalue weighted by atomic mass is 9.87. The van der Waals surface area contributed by atoms with Gasteiger partial charge in [0.05, 0.1) is 17.0 Å². The molecule has 2 aromatic carbocycles. The predicted molar refractivity (Wildman–Crippen MR) is 208 cm³/mol. The van der Waals surface area contributed by atoms with Crippen molar-refractivity contribution in [2.24, 2.45) is 11.8 Å². The third-order valence-electron chi connectivity index (χ3n) is 9.82. The number of phenolic OH excluding ortho intramolecular Hbond substituents is 2. The molecule has 0 aromatic heterocycles. The zero-order valence-corrected chi connectivity index (χ0v) is 32.3. The summed E-state index contributed by atoms with van der Waals surface area (Å²) in [5.74, 6) is -4.45. The van der Waals surface area contributed by atoms with Gasteiger partial charge < -0.3 is 10.2 Å². The van der Waals surface area contributed by atoms with Crippen molar-refractivity contribution in [1.29, 1.82) is 0 Å². The number of hydrogen-bond acceptors (Lipinski definition) is 6. The highest BCUT2D eigenvalue weighted by Crippen LogP contribution is 2.24. The second kappa shape index (κ2) is 25.8. The summed E-state index contributed by atoms with van der Waals surface area (Å²) in [6.07, 6.45) is 20.7. The normalized spacial score (nSPS) is 12.2. The van der Waals surface area contributed by atoms with Gasteiger partial charge in [-0.05, 0) is 67.5 Å². The lowest BCUT2D eigenvalue weighted by Gasteiger charge is -2.23. The van der Waals surface area contributed by atoms with E-state index in [0.29, 0.717) is 12.8 Å². The Hall–Kier alpha value is -4.08. The number of unbranched alkanes of at least 4 members (excludes halogenated alkanes) is 14. The molecular weight excluding hydrogens is 656 g/mol. The number of phenols is 2. The first-order valence-corrected chi connectivity index (χ1v) is 20.0. The molecule has 4 amide bonds. The molecule has 2 aromatic rings. The van der Waals surface area contributed by atoms with Gasteiger partial charge in [0.25, 0.3) is 11.8 Å². The molecule has 0 aliphatic heterocycles. The van der Waals surface area contributed by atoms with Crippen LogP contribution in [0, 0.1) is 11.8 Å². The summed E-state index contributed by atoms with van der Waals surface area (Å²) in [5.41, 5.74) is 11.6. The second-order valence-corrected chi connectivity index (χ2v) is 14.2. The van der Waals surface area contributed by atoms with Crippen LogP contribution in [0.2, 0.25) is 0 Å². The third-order valence-corrected chi connectivity index (χ3v) is 9.82. The summed E-state index contributed by atoms with van der Waals surface area (Å²) in [4.78, 5) is 52.4. The Balaban J connectivity index is 1.95. The number of aryl methyl sites for hydroxylation is 2. The lowest BCUT2D eigenvalue weighted by molar-refractivity contribution is -0.135. The van der Waals surface area contributed by atoms with Crippen molar-refractivity contribution in [3.63, 3.8) is 0 Å².